The number of benzene rings is 1. The lowest BCUT2D eigenvalue weighted by Crippen LogP contribution is -2.38. The van der Waals surface area contributed by atoms with Gasteiger partial charge in [0.25, 0.3) is 0 Å². The van der Waals surface area contributed by atoms with Gasteiger partial charge in [-0.15, -0.1) is 0 Å². The fourth-order valence-corrected chi connectivity index (χ4v) is 4.24. The van der Waals surface area contributed by atoms with E-state index in [2.05, 4.69) is 10.6 Å². The minimum absolute atomic E-state index is 0.0497. The number of aryl methyl sites for hydroxylation is 1. The normalized spacial score (nSPS) is 22.1. The van der Waals surface area contributed by atoms with E-state index in [4.69, 9.17) is 37.5 Å². The molecule has 0 aliphatic carbocycles. The van der Waals surface area contributed by atoms with Gasteiger partial charge in [-0.05, 0) is 37.6 Å². The van der Waals surface area contributed by atoms with E-state index in [0.717, 1.165) is 10.5 Å². The summed E-state index contributed by atoms with van der Waals surface area (Å²) in [5.41, 5.74) is 3.70. The highest BCUT2D eigenvalue weighted by Crippen LogP contribution is 2.34. The van der Waals surface area contributed by atoms with Gasteiger partial charge < -0.3 is 9.47 Å². The van der Waals surface area contributed by atoms with Crippen LogP contribution in [0.5, 0.6) is 0 Å². The predicted molar refractivity (Wildman–Crippen MR) is 107 cm³/mol. The Morgan fingerprint density at radius 2 is 2.22 bits per heavy atom. The summed E-state index contributed by atoms with van der Waals surface area (Å²) in [7, 11) is 1.68. The van der Waals surface area contributed by atoms with Gasteiger partial charge in [0.1, 0.15) is 23.7 Å². The summed E-state index contributed by atoms with van der Waals surface area (Å²) in [6.45, 7) is 5.17. The van der Waals surface area contributed by atoms with Crippen molar-refractivity contribution < 1.29 is 14.3 Å². The molecule has 2 aromatic rings. The van der Waals surface area contributed by atoms with E-state index in [0.29, 0.717) is 23.1 Å². The molecule has 9 heteroatoms. The van der Waals surface area contributed by atoms with E-state index < -0.39 is 0 Å². The Hall–Kier alpha value is -0.800. The number of rotatable bonds is 8. The average Bonchev–Trinajstić information content (AvgIpc) is 3.23. The van der Waals surface area contributed by atoms with Crippen LogP contribution in [0.1, 0.15) is 12.5 Å². The summed E-state index contributed by atoms with van der Waals surface area (Å²) in [6.07, 6.45) is 3.45. The number of hydrogen-bond acceptors (Lipinski definition) is 6. The van der Waals surface area contributed by atoms with Crippen molar-refractivity contribution in [3.05, 3.63) is 46.2 Å². The second-order valence-corrected chi connectivity index (χ2v) is 8.41. The standard InChI is InChI=1S/C18H23Cl2N3O3S/c1-11-7-21-23(9-11)10-17(24-3)18(25-16-8-22-26-12(16)2)27-13-4-5-14(19)15(20)6-13/h4-7,9,12,16-18,22H,8,10H2,1-3H3/t12?,16?,17-,18?/m0/s1. The Labute approximate surface area is 173 Å². The number of nitrogens with zero attached hydrogens (tertiary/aromatic N) is 2. The summed E-state index contributed by atoms with van der Waals surface area (Å²) >= 11 is 13.8. The molecule has 1 aromatic heterocycles. The van der Waals surface area contributed by atoms with Gasteiger partial charge in [0, 0.05) is 18.2 Å². The zero-order valence-corrected chi connectivity index (χ0v) is 17.7. The van der Waals surface area contributed by atoms with Gasteiger partial charge in [0.15, 0.2) is 0 Å². The van der Waals surface area contributed by atoms with Gasteiger partial charge in [-0.3, -0.25) is 9.52 Å². The number of hydroxylamine groups is 1. The molecule has 3 rings (SSSR count). The maximum atomic E-state index is 6.36. The van der Waals surface area contributed by atoms with Gasteiger partial charge in [-0.25, -0.2) is 0 Å². The van der Waals surface area contributed by atoms with Crippen molar-refractivity contribution in [3.8, 4) is 0 Å². The lowest BCUT2D eigenvalue weighted by atomic mass is 10.2. The summed E-state index contributed by atoms with van der Waals surface area (Å²) in [4.78, 5) is 6.36. The molecule has 0 radical (unpaired) electrons. The topological polar surface area (TPSA) is 57.5 Å². The van der Waals surface area contributed by atoms with E-state index in [1.807, 2.05) is 43.1 Å². The molecule has 148 valence electrons. The first-order chi connectivity index (χ1) is 13.0. The van der Waals surface area contributed by atoms with Gasteiger partial charge >= 0.3 is 0 Å². The molecular formula is C18H23Cl2N3O3S. The van der Waals surface area contributed by atoms with Crippen molar-refractivity contribution in [2.75, 3.05) is 13.7 Å². The van der Waals surface area contributed by atoms with Crippen LogP contribution < -0.4 is 5.48 Å². The van der Waals surface area contributed by atoms with E-state index in [1.54, 1.807) is 24.9 Å². The van der Waals surface area contributed by atoms with Crippen molar-refractivity contribution in [1.29, 1.82) is 0 Å². The molecular weight excluding hydrogens is 409 g/mol. The molecule has 27 heavy (non-hydrogen) atoms. The lowest BCUT2D eigenvalue weighted by molar-refractivity contribution is -0.0723. The van der Waals surface area contributed by atoms with E-state index in [1.165, 1.54) is 0 Å². The number of nitrogens with one attached hydrogen (secondary N) is 1. The largest absolute Gasteiger partial charge is 0.376 e. The highest BCUT2D eigenvalue weighted by Gasteiger charge is 2.33. The van der Waals surface area contributed by atoms with Gasteiger partial charge in [-0.1, -0.05) is 35.0 Å². The van der Waals surface area contributed by atoms with Crippen molar-refractivity contribution >= 4 is 35.0 Å². The predicted octanol–water partition coefficient (Wildman–Crippen LogP) is 3.94. The van der Waals surface area contributed by atoms with E-state index in [-0.39, 0.29) is 23.7 Å². The molecule has 1 aliphatic heterocycles. The molecule has 3 unspecified atom stereocenters. The van der Waals surface area contributed by atoms with Gasteiger partial charge in [-0.2, -0.15) is 10.6 Å². The Balaban J connectivity index is 1.79. The van der Waals surface area contributed by atoms with Crippen molar-refractivity contribution in [2.24, 2.45) is 0 Å². The molecule has 1 N–H and O–H groups in total. The molecule has 0 amide bonds. The molecule has 0 saturated carbocycles. The Bertz CT molecular complexity index is 761. The lowest BCUT2D eigenvalue weighted by Gasteiger charge is -2.29. The fraction of sp³-hybridized carbons (Fsp3) is 0.500. The molecule has 1 saturated heterocycles. The van der Waals surface area contributed by atoms with Crippen LogP contribution in [0.15, 0.2) is 35.5 Å². The first-order valence-corrected chi connectivity index (χ1v) is 10.3. The van der Waals surface area contributed by atoms with E-state index >= 15 is 0 Å². The highest BCUT2D eigenvalue weighted by atomic mass is 35.5. The Morgan fingerprint density at radius 1 is 1.41 bits per heavy atom. The first kappa shape index (κ1) is 20.9. The summed E-state index contributed by atoms with van der Waals surface area (Å²) in [5, 5.41) is 5.40. The number of thioether (sulfide) groups is 1. The number of aromatic nitrogens is 2. The summed E-state index contributed by atoms with van der Waals surface area (Å²) in [6, 6.07) is 5.54. The zero-order chi connectivity index (χ0) is 19.4. The number of methoxy groups -OCH3 is 1. The second-order valence-electron chi connectivity index (χ2n) is 6.42. The molecule has 1 aromatic carbocycles. The molecule has 4 atom stereocenters. The Morgan fingerprint density at radius 3 is 2.81 bits per heavy atom. The third kappa shape index (κ3) is 5.60. The smallest absolute Gasteiger partial charge is 0.136 e. The number of ether oxygens (including phenoxy) is 2. The summed E-state index contributed by atoms with van der Waals surface area (Å²) in [5.74, 6) is 0. The van der Waals surface area contributed by atoms with Crippen LogP contribution in [0.4, 0.5) is 0 Å². The maximum Gasteiger partial charge on any atom is 0.136 e. The van der Waals surface area contributed by atoms with Crippen molar-refractivity contribution in [1.82, 2.24) is 15.3 Å². The van der Waals surface area contributed by atoms with Crippen LogP contribution in [-0.2, 0) is 20.9 Å². The monoisotopic (exact) mass is 431 g/mol. The highest BCUT2D eigenvalue weighted by molar-refractivity contribution is 7.99. The van der Waals surface area contributed by atoms with Crippen LogP contribution in [0.25, 0.3) is 0 Å². The van der Waals surface area contributed by atoms with Crippen LogP contribution in [0.2, 0.25) is 10.0 Å². The third-order valence-electron chi connectivity index (χ3n) is 4.27. The second kappa shape index (κ2) is 9.60. The third-order valence-corrected chi connectivity index (χ3v) is 6.18. The average molecular weight is 432 g/mol. The van der Waals surface area contributed by atoms with E-state index in [9.17, 15) is 0 Å². The van der Waals surface area contributed by atoms with Crippen LogP contribution in [0, 0.1) is 6.92 Å². The molecule has 1 fully saturated rings. The van der Waals surface area contributed by atoms with Crippen LogP contribution in [-0.4, -0.2) is 47.2 Å². The number of hydrogen-bond donors (Lipinski definition) is 1. The molecule has 0 spiro atoms. The van der Waals surface area contributed by atoms with Crippen molar-refractivity contribution in [3.63, 3.8) is 0 Å². The molecule has 1 aliphatic rings. The van der Waals surface area contributed by atoms with Crippen molar-refractivity contribution in [2.45, 2.75) is 49.0 Å². The quantitative estimate of drug-likeness (QED) is 0.504. The Kier molecular flexibility index (Phi) is 7.44. The first-order valence-electron chi connectivity index (χ1n) is 8.64. The van der Waals surface area contributed by atoms with Gasteiger partial charge in [0.05, 0.1) is 29.3 Å². The number of halogens is 2. The molecule has 6 nitrogen and oxygen atoms in total. The summed E-state index contributed by atoms with van der Waals surface area (Å²) < 4.78 is 14.0. The minimum Gasteiger partial charge on any atom is -0.376 e. The fourth-order valence-electron chi connectivity index (χ4n) is 2.73. The van der Waals surface area contributed by atoms with Crippen LogP contribution in [0.3, 0.4) is 0 Å². The SMILES string of the molecule is CO[C@@H](Cn1cc(C)cn1)C(OC1CNOC1C)Sc1ccc(Cl)c(Cl)c1. The minimum atomic E-state index is -0.285. The zero-order valence-electron chi connectivity index (χ0n) is 15.4. The maximum absolute atomic E-state index is 6.36. The van der Waals surface area contributed by atoms with Gasteiger partial charge in [0.2, 0.25) is 0 Å². The molecule has 0 bridgehead atoms. The molecule has 2 heterocycles. The van der Waals surface area contributed by atoms with Crippen LogP contribution >= 0.6 is 35.0 Å².